The number of rotatable bonds is 3. The molecule has 2 rings (SSSR count). The van der Waals surface area contributed by atoms with Crippen molar-refractivity contribution in [1.82, 2.24) is 5.32 Å². The summed E-state index contributed by atoms with van der Waals surface area (Å²) in [4.78, 5) is 27.1. The average Bonchev–Trinajstić information content (AvgIpc) is 2.66. The Morgan fingerprint density at radius 3 is 2.50 bits per heavy atom. The van der Waals surface area contributed by atoms with Gasteiger partial charge in [-0.25, -0.2) is 4.79 Å². The molecule has 0 aliphatic carbocycles. The molecule has 0 bridgehead atoms. The van der Waals surface area contributed by atoms with Gasteiger partial charge in [-0.2, -0.15) is 4.99 Å². The molecule has 5 heteroatoms. The minimum Gasteiger partial charge on any atom is -0.478 e. The van der Waals surface area contributed by atoms with Gasteiger partial charge >= 0.3 is 5.97 Å². The zero-order valence-corrected chi connectivity index (χ0v) is 12.0. The Hall–Kier alpha value is -2.17. The summed E-state index contributed by atoms with van der Waals surface area (Å²) in [5.74, 6) is -0.538. The predicted octanol–water partition coefficient (Wildman–Crippen LogP) is 1.98. The van der Waals surface area contributed by atoms with E-state index in [0.29, 0.717) is 5.84 Å². The predicted molar refractivity (Wildman–Crippen MR) is 76.1 cm³/mol. The minimum atomic E-state index is -0.968. The van der Waals surface area contributed by atoms with Crippen LogP contribution in [0.5, 0.6) is 0 Å². The average molecular weight is 274 g/mol. The van der Waals surface area contributed by atoms with E-state index >= 15 is 0 Å². The van der Waals surface area contributed by atoms with Gasteiger partial charge in [0.15, 0.2) is 0 Å². The fourth-order valence-electron chi connectivity index (χ4n) is 2.13. The fraction of sp³-hybridized carbons (Fsp3) is 0.400. The van der Waals surface area contributed by atoms with Crippen molar-refractivity contribution in [2.45, 2.75) is 33.2 Å². The Morgan fingerprint density at radius 2 is 2.05 bits per heavy atom. The van der Waals surface area contributed by atoms with Crippen LogP contribution < -0.4 is 5.32 Å². The number of amidine groups is 1. The van der Waals surface area contributed by atoms with E-state index < -0.39 is 11.5 Å². The van der Waals surface area contributed by atoms with Gasteiger partial charge in [0.2, 0.25) is 0 Å². The summed E-state index contributed by atoms with van der Waals surface area (Å²) < 4.78 is 0. The second-order valence-corrected chi connectivity index (χ2v) is 5.58. The van der Waals surface area contributed by atoms with Gasteiger partial charge in [-0.3, -0.25) is 4.79 Å². The summed E-state index contributed by atoms with van der Waals surface area (Å²) in [5.41, 5.74) is 1.06. The highest BCUT2D eigenvalue weighted by molar-refractivity contribution is 6.14. The van der Waals surface area contributed by atoms with Crippen molar-refractivity contribution >= 4 is 17.7 Å². The molecule has 0 aromatic heterocycles. The van der Waals surface area contributed by atoms with E-state index in [0.717, 1.165) is 11.1 Å². The van der Waals surface area contributed by atoms with Crippen LogP contribution in [0, 0.1) is 12.8 Å². The Kier molecular flexibility index (Phi) is 3.38. The third-order valence-electron chi connectivity index (χ3n) is 3.92. The highest BCUT2D eigenvalue weighted by Crippen LogP contribution is 2.25. The largest absolute Gasteiger partial charge is 0.478 e. The number of carbonyl (C=O) groups is 2. The van der Waals surface area contributed by atoms with Crippen LogP contribution >= 0.6 is 0 Å². The molecule has 0 fully saturated rings. The molecule has 20 heavy (non-hydrogen) atoms. The summed E-state index contributed by atoms with van der Waals surface area (Å²) >= 11 is 0. The Morgan fingerprint density at radius 1 is 1.40 bits per heavy atom. The monoisotopic (exact) mass is 274 g/mol. The van der Waals surface area contributed by atoms with Crippen LogP contribution in [0.25, 0.3) is 0 Å². The number of nitrogens with one attached hydrogen (secondary N) is 1. The van der Waals surface area contributed by atoms with E-state index in [-0.39, 0.29) is 17.4 Å². The molecule has 0 saturated carbocycles. The smallest absolute Gasteiger partial charge is 0.335 e. The standard InChI is InChI=1S/C15H18N2O3/c1-8(2)15(4)14(20)16-12(17-15)11-6-5-10(13(18)19)7-9(11)3/h5-8H,1-4H3,(H,18,19)(H,16,17,20). The number of hydrogen-bond acceptors (Lipinski definition) is 3. The summed E-state index contributed by atoms with van der Waals surface area (Å²) in [6.07, 6.45) is 0. The first-order valence-corrected chi connectivity index (χ1v) is 6.51. The number of aliphatic imine (C=N–C) groups is 1. The summed E-state index contributed by atoms with van der Waals surface area (Å²) in [6.45, 7) is 7.56. The Bertz CT molecular complexity index is 620. The van der Waals surface area contributed by atoms with Crippen molar-refractivity contribution in [3.63, 3.8) is 0 Å². The van der Waals surface area contributed by atoms with Crippen LogP contribution in [-0.2, 0) is 4.79 Å². The number of carboxylic acid groups (broad SMARTS) is 1. The topological polar surface area (TPSA) is 78.8 Å². The first-order chi connectivity index (χ1) is 9.25. The third kappa shape index (κ3) is 2.19. The van der Waals surface area contributed by atoms with Crippen LogP contribution in [-0.4, -0.2) is 28.4 Å². The lowest BCUT2D eigenvalue weighted by molar-refractivity contribution is -0.123. The van der Waals surface area contributed by atoms with E-state index in [1.165, 1.54) is 6.07 Å². The van der Waals surface area contributed by atoms with Gasteiger partial charge in [0.05, 0.1) is 5.56 Å². The lowest BCUT2D eigenvalue weighted by Gasteiger charge is -2.27. The van der Waals surface area contributed by atoms with Crippen molar-refractivity contribution in [3.05, 3.63) is 34.9 Å². The highest BCUT2D eigenvalue weighted by atomic mass is 16.4. The maximum absolute atomic E-state index is 12.1. The molecule has 0 saturated heterocycles. The zero-order chi connectivity index (χ0) is 15.1. The summed E-state index contributed by atoms with van der Waals surface area (Å²) in [7, 11) is 0. The third-order valence-corrected chi connectivity index (χ3v) is 3.92. The molecule has 5 nitrogen and oxygen atoms in total. The number of nitrogens with zero attached hydrogens (tertiary/aromatic N) is 1. The summed E-state index contributed by atoms with van der Waals surface area (Å²) in [6, 6.07) is 4.78. The van der Waals surface area contributed by atoms with Crippen LogP contribution in [0.2, 0.25) is 0 Å². The quantitative estimate of drug-likeness (QED) is 0.883. The first-order valence-electron chi connectivity index (χ1n) is 6.51. The van der Waals surface area contributed by atoms with Gasteiger partial charge in [0.1, 0.15) is 11.4 Å². The number of benzene rings is 1. The molecule has 2 N–H and O–H groups in total. The van der Waals surface area contributed by atoms with Gasteiger partial charge in [-0.1, -0.05) is 19.9 Å². The number of aryl methyl sites for hydroxylation is 1. The molecule has 1 aliphatic rings. The lowest BCUT2D eigenvalue weighted by Crippen LogP contribution is -2.50. The molecule has 1 aromatic carbocycles. The second kappa shape index (κ2) is 4.74. The van der Waals surface area contributed by atoms with Crippen molar-refractivity contribution in [2.75, 3.05) is 0 Å². The number of hydrogen-bond donors (Lipinski definition) is 2. The first kappa shape index (κ1) is 14.2. The number of amides is 1. The molecule has 1 amide bonds. The molecular weight excluding hydrogens is 256 g/mol. The van der Waals surface area contributed by atoms with E-state index in [9.17, 15) is 9.59 Å². The lowest BCUT2D eigenvalue weighted by atomic mass is 9.88. The highest BCUT2D eigenvalue weighted by Gasteiger charge is 2.42. The van der Waals surface area contributed by atoms with Crippen molar-refractivity contribution < 1.29 is 14.7 Å². The van der Waals surface area contributed by atoms with E-state index in [1.807, 2.05) is 27.7 Å². The van der Waals surface area contributed by atoms with Crippen molar-refractivity contribution in [1.29, 1.82) is 0 Å². The molecular formula is C15H18N2O3. The van der Waals surface area contributed by atoms with Crippen molar-refractivity contribution in [3.8, 4) is 0 Å². The van der Waals surface area contributed by atoms with Crippen LogP contribution in [0.3, 0.4) is 0 Å². The molecule has 1 atom stereocenters. The second-order valence-electron chi connectivity index (χ2n) is 5.58. The van der Waals surface area contributed by atoms with Crippen LogP contribution in [0.15, 0.2) is 23.2 Å². The molecule has 106 valence electrons. The number of aromatic carboxylic acids is 1. The maximum atomic E-state index is 12.1. The van der Waals surface area contributed by atoms with Gasteiger partial charge in [0.25, 0.3) is 5.91 Å². The zero-order valence-electron chi connectivity index (χ0n) is 12.0. The van der Waals surface area contributed by atoms with E-state index in [2.05, 4.69) is 10.3 Å². The van der Waals surface area contributed by atoms with Crippen LogP contribution in [0.4, 0.5) is 0 Å². The van der Waals surface area contributed by atoms with E-state index in [1.54, 1.807) is 12.1 Å². The Balaban J connectivity index is 2.38. The fourth-order valence-corrected chi connectivity index (χ4v) is 2.13. The Labute approximate surface area is 117 Å². The number of carboxylic acids is 1. The van der Waals surface area contributed by atoms with Crippen LogP contribution in [0.1, 0.15) is 42.3 Å². The molecule has 1 heterocycles. The molecule has 0 radical (unpaired) electrons. The number of carbonyl (C=O) groups excluding carboxylic acids is 1. The SMILES string of the molecule is Cc1cc(C(=O)O)ccc1C1=NC(=O)C(C)(C(C)C)N1. The normalized spacial score (nSPS) is 21.9. The molecule has 1 aliphatic heterocycles. The van der Waals surface area contributed by atoms with Gasteiger partial charge < -0.3 is 10.4 Å². The maximum Gasteiger partial charge on any atom is 0.335 e. The van der Waals surface area contributed by atoms with Gasteiger partial charge in [-0.15, -0.1) is 0 Å². The summed E-state index contributed by atoms with van der Waals surface area (Å²) in [5, 5.41) is 12.1. The molecule has 1 aromatic rings. The van der Waals surface area contributed by atoms with E-state index in [4.69, 9.17) is 5.11 Å². The van der Waals surface area contributed by atoms with Gasteiger partial charge in [-0.05, 0) is 37.5 Å². The minimum absolute atomic E-state index is 0.106. The molecule has 0 spiro atoms. The van der Waals surface area contributed by atoms with Crippen molar-refractivity contribution in [2.24, 2.45) is 10.9 Å². The van der Waals surface area contributed by atoms with Gasteiger partial charge in [0, 0.05) is 5.56 Å². The molecule has 1 unspecified atom stereocenters.